The Kier molecular flexibility index (Phi) is 5.30. The molecule has 2 atom stereocenters. The predicted octanol–water partition coefficient (Wildman–Crippen LogP) is 2.39. The number of carbonyl (C=O) groups is 1. The minimum atomic E-state index is 0.294. The quantitative estimate of drug-likeness (QED) is 0.805. The lowest BCUT2D eigenvalue weighted by molar-refractivity contribution is -0.132. The van der Waals surface area contributed by atoms with E-state index < -0.39 is 0 Å². The van der Waals surface area contributed by atoms with Gasteiger partial charge < -0.3 is 9.42 Å². The lowest BCUT2D eigenvalue weighted by atomic mass is 10.0. The Labute approximate surface area is 138 Å². The van der Waals surface area contributed by atoms with Gasteiger partial charge in [-0.15, -0.1) is 0 Å². The highest BCUT2D eigenvalue weighted by Crippen LogP contribution is 2.31. The summed E-state index contributed by atoms with van der Waals surface area (Å²) in [5.41, 5.74) is 0. The molecule has 3 rings (SSSR count). The van der Waals surface area contributed by atoms with Crippen LogP contribution in [0.4, 0.5) is 0 Å². The molecule has 0 radical (unpaired) electrons. The molecule has 2 aliphatic heterocycles. The summed E-state index contributed by atoms with van der Waals surface area (Å²) in [6, 6.07) is 0.803. The minimum absolute atomic E-state index is 0.294. The average molecular weight is 320 g/mol. The summed E-state index contributed by atoms with van der Waals surface area (Å²) in [6.07, 6.45) is 7.10. The Morgan fingerprint density at radius 1 is 1.22 bits per heavy atom. The first-order chi connectivity index (χ1) is 11.2. The van der Waals surface area contributed by atoms with Gasteiger partial charge in [0.25, 0.3) is 0 Å². The first-order valence-electron chi connectivity index (χ1n) is 9.08. The van der Waals surface area contributed by atoms with E-state index in [1.54, 1.807) is 0 Å². The molecule has 128 valence electrons. The van der Waals surface area contributed by atoms with Gasteiger partial charge in [-0.25, -0.2) is 0 Å². The number of rotatable bonds is 6. The van der Waals surface area contributed by atoms with Crippen LogP contribution in [0, 0.1) is 0 Å². The molecule has 2 aliphatic rings. The molecule has 3 heterocycles. The van der Waals surface area contributed by atoms with Crippen molar-refractivity contribution < 1.29 is 9.32 Å². The number of likely N-dealkylation sites (tertiary alicyclic amines) is 2. The molecule has 0 bridgehead atoms. The van der Waals surface area contributed by atoms with Gasteiger partial charge in [0.15, 0.2) is 5.82 Å². The van der Waals surface area contributed by atoms with Crippen molar-refractivity contribution in [1.29, 1.82) is 0 Å². The van der Waals surface area contributed by atoms with Crippen LogP contribution in [-0.2, 0) is 17.8 Å². The molecule has 23 heavy (non-hydrogen) atoms. The zero-order valence-electron chi connectivity index (χ0n) is 14.3. The summed E-state index contributed by atoms with van der Waals surface area (Å²) in [5.74, 6) is 1.82. The average Bonchev–Trinajstić information content (AvgIpc) is 3.27. The second-order valence-corrected chi connectivity index (χ2v) is 6.68. The summed E-state index contributed by atoms with van der Waals surface area (Å²) >= 11 is 0. The van der Waals surface area contributed by atoms with E-state index in [-0.39, 0.29) is 0 Å². The molecule has 0 aromatic carbocycles. The van der Waals surface area contributed by atoms with Gasteiger partial charge in [-0.05, 0) is 38.6 Å². The van der Waals surface area contributed by atoms with Crippen LogP contribution in [-0.4, -0.2) is 51.0 Å². The van der Waals surface area contributed by atoms with E-state index in [0.29, 0.717) is 36.8 Å². The maximum absolute atomic E-state index is 12.2. The topological polar surface area (TPSA) is 62.5 Å². The zero-order chi connectivity index (χ0) is 16.2. The third-order valence-electron chi connectivity index (χ3n) is 5.10. The Morgan fingerprint density at radius 3 is 2.78 bits per heavy atom. The van der Waals surface area contributed by atoms with Gasteiger partial charge in [-0.2, -0.15) is 4.98 Å². The molecule has 1 aromatic heterocycles. The van der Waals surface area contributed by atoms with Gasteiger partial charge in [-0.1, -0.05) is 19.0 Å². The molecule has 2 fully saturated rings. The van der Waals surface area contributed by atoms with E-state index in [0.717, 1.165) is 51.0 Å². The van der Waals surface area contributed by atoms with Crippen LogP contribution in [0.1, 0.15) is 64.1 Å². The van der Waals surface area contributed by atoms with Gasteiger partial charge in [0.1, 0.15) is 0 Å². The third kappa shape index (κ3) is 3.57. The number of nitrogens with zero attached hydrogens (tertiary/aromatic N) is 4. The summed E-state index contributed by atoms with van der Waals surface area (Å²) in [4.78, 5) is 21.2. The van der Waals surface area contributed by atoms with Gasteiger partial charge in [-0.3, -0.25) is 9.69 Å². The van der Waals surface area contributed by atoms with Crippen molar-refractivity contribution >= 4 is 5.91 Å². The minimum Gasteiger partial charge on any atom is -0.338 e. The second-order valence-electron chi connectivity index (χ2n) is 6.68. The summed E-state index contributed by atoms with van der Waals surface area (Å²) in [7, 11) is 0. The first-order valence-corrected chi connectivity index (χ1v) is 9.08. The Bertz CT molecular complexity index is 530. The first kappa shape index (κ1) is 16.4. The highest BCUT2D eigenvalue weighted by atomic mass is 16.5. The number of aryl methyl sites for hydroxylation is 1. The number of carbonyl (C=O) groups excluding carboxylic acids is 1. The summed E-state index contributed by atoms with van der Waals surface area (Å²) < 4.78 is 5.40. The van der Waals surface area contributed by atoms with Gasteiger partial charge in [0.05, 0.1) is 6.54 Å². The Hall–Kier alpha value is -1.43. The Balaban J connectivity index is 1.66. The molecule has 0 saturated carbocycles. The SMILES string of the molecule is CCCc1noc(CN2CCC[C@@H]2[C@@H]2CCCN2C(=O)CC)n1. The molecule has 1 amide bonds. The second kappa shape index (κ2) is 7.43. The van der Waals surface area contributed by atoms with Crippen LogP contribution in [0.2, 0.25) is 0 Å². The van der Waals surface area contributed by atoms with Crippen LogP contribution < -0.4 is 0 Å². The number of hydrogen-bond acceptors (Lipinski definition) is 5. The maximum atomic E-state index is 12.2. The van der Waals surface area contributed by atoms with Crippen molar-refractivity contribution in [2.24, 2.45) is 0 Å². The highest BCUT2D eigenvalue weighted by Gasteiger charge is 2.39. The van der Waals surface area contributed by atoms with Crippen LogP contribution in [0.5, 0.6) is 0 Å². The van der Waals surface area contributed by atoms with E-state index in [1.807, 2.05) is 6.92 Å². The number of hydrogen-bond donors (Lipinski definition) is 0. The maximum Gasteiger partial charge on any atom is 0.240 e. The largest absolute Gasteiger partial charge is 0.338 e. The fraction of sp³-hybridized carbons (Fsp3) is 0.824. The smallest absolute Gasteiger partial charge is 0.240 e. The van der Waals surface area contributed by atoms with E-state index in [4.69, 9.17) is 4.52 Å². The molecule has 0 N–H and O–H groups in total. The lowest BCUT2D eigenvalue weighted by Crippen LogP contribution is -2.47. The number of aromatic nitrogens is 2. The lowest BCUT2D eigenvalue weighted by Gasteiger charge is -2.34. The molecule has 0 aliphatic carbocycles. The zero-order valence-corrected chi connectivity index (χ0v) is 14.3. The summed E-state index contributed by atoms with van der Waals surface area (Å²) in [6.45, 7) is 6.76. The fourth-order valence-corrected chi connectivity index (χ4v) is 4.04. The van der Waals surface area contributed by atoms with Crippen LogP contribution in [0.25, 0.3) is 0 Å². The van der Waals surface area contributed by atoms with Crippen molar-refractivity contribution in [3.8, 4) is 0 Å². The molecule has 6 heteroatoms. The molecule has 6 nitrogen and oxygen atoms in total. The van der Waals surface area contributed by atoms with E-state index in [9.17, 15) is 4.79 Å². The van der Waals surface area contributed by atoms with Crippen LogP contribution in [0.15, 0.2) is 4.52 Å². The fourth-order valence-electron chi connectivity index (χ4n) is 4.04. The monoisotopic (exact) mass is 320 g/mol. The molecular formula is C17H28N4O2. The van der Waals surface area contributed by atoms with Crippen molar-refractivity contribution in [3.63, 3.8) is 0 Å². The van der Waals surface area contributed by atoms with Crippen molar-refractivity contribution in [3.05, 3.63) is 11.7 Å². The summed E-state index contributed by atoms with van der Waals surface area (Å²) in [5, 5.41) is 4.05. The number of amides is 1. The van der Waals surface area contributed by atoms with Gasteiger partial charge >= 0.3 is 0 Å². The molecule has 2 saturated heterocycles. The normalized spacial score (nSPS) is 25.4. The van der Waals surface area contributed by atoms with Crippen LogP contribution in [0.3, 0.4) is 0 Å². The third-order valence-corrected chi connectivity index (χ3v) is 5.10. The Morgan fingerprint density at radius 2 is 2.00 bits per heavy atom. The van der Waals surface area contributed by atoms with E-state index in [2.05, 4.69) is 26.9 Å². The van der Waals surface area contributed by atoms with Crippen molar-refractivity contribution in [2.45, 2.75) is 77.4 Å². The molecular weight excluding hydrogens is 292 g/mol. The van der Waals surface area contributed by atoms with E-state index in [1.165, 1.54) is 6.42 Å². The standard InChI is InChI=1S/C17H28N4O2/c1-3-7-15-18-16(23-19-15)12-20-10-5-8-13(20)14-9-6-11-21(14)17(22)4-2/h13-14H,3-12H2,1-2H3/t13-,14+/m1/s1. The highest BCUT2D eigenvalue weighted by molar-refractivity contribution is 5.76. The van der Waals surface area contributed by atoms with E-state index >= 15 is 0 Å². The van der Waals surface area contributed by atoms with Crippen molar-refractivity contribution in [1.82, 2.24) is 19.9 Å². The predicted molar refractivity (Wildman–Crippen MR) is 86.8 cm³/mol. The molecule has 1 aromatic rings. The van der Waals surface area contributed by atoms with Gasteiger partial charge in [0, 0.05) is 31.5 Å². The molecule has 0 spiro atoms. The van der Waals surface area contributed by atoms with Gasteiger partial charge in [0.2, 0.25) is 11.8 Å². The molecule has 0 unspecified atom stereocenters. The van der Waals surface area contributed by atoms with Crippen LogP contribution >= 0.6 is 0 Å². The van der Waals surface area contributed by atoms with Crippen molar-refractivity contribution in [2.75, 3.05) is 13.1 Å².